The first-order valence-corrected chi connectivity index (χ1v) is 10.0. The highest BCUT2D eigenvalue weighted by molar-refractivity contribution is 5.81. The summed E-state index contributed by atoms with van der Waals surface area (Å²) >= 11 is 0. The Hall–Kier alpha value is -2.73. The van der Waals surface area contributed by atoms with E-state index in [2.05, 4.69) is 5.32 Å². The molecule has 32 heavy (non-hydrogen) atoms. The molecule has 0 radical (unpaired) electrons. The van der Waals surface area contributed by atoms with Gasteiger partial charge in [0, 0.05) is 11.8 Å². The highest BCUT2D eigenvalue weighted by Gasteiger charge is 2.63. The van der Waals surface area contributed by atoms with Crippen molar-refractivity contribution >= 4 is 12.1 Å². The standard InChI is InChI=1S/C20H30FN3O8/c1-10-8-24(16(27)23-13(10)25)15-19(6,21)20(7,29)12(31-15)9-30-14(26)11(2)22-17(28)32-18(3,4)5/h8,11-12,15,29H,9H2,1-7H3,(H,22,28)(H,23,25,27)/t11?,12-,15+,19+,20-/m1/s1. The van der Waals surface area contributed by atoms with Gasteiger partial charge in [0.25, 0.3) is 5.56 Å². The Morgan fingerprint density at radius 1 is 1.38 bits per heavy atom. The number of hydrogen-bond acceptors (Lipinski definition) is 8. The summed E-state index contributed by atoms with van der Waals surface area (Å²) in [4.78, 5) is 49.9. The van der Waals surface area contributed by atoms with Crippen molar-refractivity contribution in [2.24, 2.45) is 0 Å². The number of aliphatic hydroxyl groups is 1. The Morgan fingerprint density at radius 2 is 1.97 bits per heavy atom. The van der Waals surface area contributed by atoms with Crippen LogP contribution in [0.2, 0.25) is 0 Å². The molecule has 0 aliphatic carbocycles. The monoisotopic (exact) mass is 459 g/mol. The van der Waals surface area contributed by atoms with E-state index in [1.54, 1.807) is 20.8 Å². The summed E-state index contributed by atoms with van der Waals surface area (Å²) in [6, 6.07) is -1.09. The summed E-state index contributed by atoms with van der Waals surface area (Å²) in [5.74, 6) is -0.865. The van der Waals surface area contributed by atoms with Crippen molar-refractivity contribution in [1.29, 1.82) is 0 Å². The normalized spacial score (nSPS) is 28.8. The Balaban J connectivity index is 2.12. The van der Waals surface area contributed by atoms with Crippen LogP contribution in [0.4, 0.5) is 9.18 Å². The second-order valence-electron chi connectivity index (χ2n) is 9.18. The van der Waals surface area contributed by atoms with E-state index < -0.39 is 65.2 Å². The fourth-order valence-electron chi connectivity index (χ4n) is 3.10. The summed E-state index contributed by atoms with van der Waals surface area (Å²) in [5, 5.41) is 13.1. The maximum absolute atomic E-state index is 15.6. The third kappa shape index (κ3) is 5.18. The van der Waals surface area contributed by atoms with E-state index in [4.69, 9.17) is 14.2 Å². The minimum atomic E-state index is -2.49. The first kappa shape index (κ1) is 25.5. The van der Waals surface area contributed by atoms with E-state index in [-0.39, 0.29) is 5.56 Å². The molecule has 11 nitrogen and oxygen atoms in total. The van der Waals surface area contributed by atoms with Crippen molar-refractivity contribution in [3.8, 4) is 0 Å². The molecule has 3 N–H and O–H groups in total. The van der Waals surface area contributed by atoms with Crippen molar-refractivity contribution < 1.29 is 33.3 Å². The number of rotatable bonds is 5. The summed E-state index contributed by atoms with van der Waals surface area (Å²) in [5.41, 5.74) is -6.82. The van der Waals surface area contributed by atoms with Crippen LogP contribution in [-0.4, -0.2) is 62.3 Å². The zero-order chi connectivity index (χ0) is 24.6. The third-order valence-electron chi connectivity index (χ3n) is 5.24. The van der Waals surface area contributed by atoms with Crippen LogP contribution in [0.3, 0.4) is 0 Å². The number of nitrogens with one attached hydrogen (secondary N) is 2. The fraction of sp³-hybridized carbons (Fsp3) is 0.700. The lowest BCUT2D eigenvalue weighted by Crippen LogP contribution is -2.53. The van der Waals surface area contributed by atoms with Gasteiger partial charge in [-0.1, -0.05) is 0 Å². The number of H-pyrrole nitrogens is 1. The van der Waals surface area contributed by atoms with Crippen LogP contribution in [0.5, 0.6) is 0 Å². The number of hydrogen-bond donors (Lipinski definition) is 3. The van der Waals surface area contributed by atoms with Crippen LogP contribution in [0.15, 0.2) is 15.8 Å². The van der Waals surface area contributed by atoms with E-state index in [1.807, 2.05) is 4.98 Å². The molecular formula is C20H30FN3O8. The van der Waals surface area contributed by atoms with Crippen LogP contribution in [0.25, 0.3) is 0 Å². The number of nitrogens with zero attached hydrogens (tertiary/aromatic N) is 1. The Morgan fingerprint density at radius 3 is 2.53 bits per heavy atom. The minimum Gasteiger partial charge on any atom is -0.461 e. The lowest BCUT2D eigenvalue weighted by molar-refractivity contribution is -0.155. The van der Waals surface area contributed by atoms with Gasteiger partial charge in [0.1, 0.15) is 30.0 Å². The zero-order valence-corrected chi connectivity index (χ0v) is 19.1. The Bertz CT molecular complexity index is 992. The molecule has 0 saturated carbocycles. The van der Waals surface area contributed by atoms with E-state index in [0.717, 1.165) is 24.6 Å². The van der Waals surface area contributed by atoms with Gasteiger partial charge < -0.3 is 24.6 Å². The van der Waals surface area contributed by atoms with Crippen LogP contribution in [0, 0.1) is 6.92 Å². The van der Waals surface area contributed by atoms with Crippen LogP contribution < -0.4 is 16.6 Å². The van der Waals surface area contributed by atoms with Crippen molar-refractivity contribution in [3.63, 3.8) is 0 Å². The number of aromatic nitrogens is 2. The number of alkyl carbamates (subject to hydrolysis) is 1. The van der Waals surface area contributed by atoms with Crippen molar-refractivity contribution in [1.82, 2.24) is 14.9 Å². The van der Waals surface area contributed by atoms with Gasteiger partial charge in [0.15, 0.2) is 11.9 Å². The molecule has 0 spiro atoms. The largest absolute Gasteiger partial charge is 0.461 e. The number of carbonyl (C=O) groups is 2. The fourth-order valence-corrected chi connectivity index (χ4v) is 3.10. The summed E-state index contributed by atoms with van der Waals surface area (Å²) in [6.45, 7) is 9.41. The van der Waals surface area contributed by atoms with E-state index >= 15 is 4.39 Å². The number of carbonyl (C=O) groups excluding carboxylic acids is 2. The van der Waals surface area contributed by atoms with Gasteiger partial charge >= 0.3 is 17.8 Å². The van der Waals surface area contributed by atoms with Gasteiger partial charge in [-0.3, -0.25) is 14.3 Å². The van der Waals surface area contributed by atoms with E-state index in [0.29, 0.717) is 0 Å². The molecule has 1 aliphatic rings. The smallest absolute Gasteiger partial charge is 0.408 e. The molecule has 1 fully saturated rings. The number of amides is 1. The number of halogens is 1. The molecule has 1 aromatic rings. The molecule has 180 valence electrons. The first-order chi connectivity index (χ1) is 14.5. The second-order valence-corrected chi connectivity index (χ2v) is 9.18. The summed E-state index contributed by atoms with van der Waals surface area (Å²) < 4.78 is 32.1. The number of aromatic amines is 1. The SMILES string of the molecule is Cc1cn([C@H]2O[C@H](COC(=O)C(C)NC(=O)OC(C)(C)C)[C@@](C)(O)[C@@]2(C)F)c(=O)[nH]c1=O. The predicted octanol–water partition coefficient (Wildman–Crippen LogP) is 0.678. The lowest BCUT2D eigenvalue weighted by Gasteiger charge is -2.33. The third-order valence-corrected chi connectivity index (χ3v) is 5.24. The lowest BCUT2D eigenvalue weighted by atomic mass is 9.84. The number of aryl methyl sites for hydroxylation is 1. The predicted molar refractivity (Wildman–Crippen MR) is 110 cm³/mol. The molecule has 2 rings (SSSR count). The maximum Gasteiger partial charge on any atom is 0.408 e. The Labute approximate surface area is 183 Å². The van der Waals surface area contributed by atoms with Crippen molar-refractivity contribution in [2.75, 3.05) is 6.61 Å². The first-order valence-electron chi connectivity index (χ1n) is 10.0. The molecule has 5 atom stereocenters. The molecule has 12 heteroatoms. The highest BCUT2D eigenvalue weighted by atomic mass is 19.1. The number of ether oxygens (including phenoxy) is 3. The molecular weight excluding hydrogens is 429 g/mol. The van der Waals surface area contributed by atoms with E-state index in [9.17, 15) is 24.3 Å². The molecule has 1 saturated heterocycles. The topological polar surface area (TPSA) is 149 Å². The summed E-state index contributed by atoms with van der Waals surface area (Å²) in [6.07, 6.45) is -2.64. The molecule has 2 heterocycles. The van der Waals surface area contributed by atoms with Gasteiger partial charge in [-0.2, -0.15) is 0 Å². The highest BCUT2D eigenvalue weighted by Crippen LogP contribution is 2.47. The minimum absolute atomic E-state index is 0.139. The quantitative estimate of drug-likeness (QED) is 0.544. The van der Waals surface area contributed by atoms with Gasteiger partial charge in [-0.05, 0) is 48.5 Å². The van der Waals surface area contributed by atoms with Gasteiger partial charge in [0.2, 0.25) is 0 Å². The van der Waals surface area contributed by atoms with Gasteiger partial charge in [0.05, 0.1) is 0 Å². The Kier molecular flexibility index (Phi) is 6.91. The van der Waals surface area contributed by atoms with Crippen molar-refractivity contribution in [3.05, 3.63) is 32.6 Å². The van der Waals surface area contributed by atoms with E-state index in [1.165, 1.54) is 13.8 Å². The maximum atomic E-state index is 15.6. The molecule has 0 aromatic carbocycles. The molecule has 1 aromatic heterocycles. The van der Waals surface area contributed by atoms with Crippen LogP contribution in [0.1, 0.15) is 53.3 Å². The molecule has 0 bridgehead atoms. The average molecular weight is 459 g/mol. The zero-order valence-electron chi connectivity index (χ0n) is 19.1. The van der Waals surface area contributed by atoms with Gasteiger partial charge in [-0.15, -0.1) is 0 Å². The molecule has 1 unspecified atom stereocenters. The average Bonchev–Trinajstić information content (AvgIpc) is 2.79. The number of esters is 1. The van der Waals surface area contributed by atoms with Crippen molar-refractivity contribution in [2.45, 2.75) is 83.7 Å². The number of alkyl halides is 1. The second kappa shape index (κ2) is 8.66. The summed E-state index contributed by atoms with van der Waals surface area (Å²) in [7, 11) is 0. The molecule has 1 amide bonds. The molecule has 1 aliphatic heterocycles. The van der Waals surface area contributed by atoms with Crippen LogP contribution >= 0.6 is 0 Å². The van der Waals surface area contributed by atoms with Gasteiger partial charge in [-0.25, -0.2) is 18.8 Å². The van der Waals surface area contributed by atoms with Crippen LogP contribution in [-0.2, 0) is 19.0 Å².